The second-order valence-electron chi connectivity index (χ2n) is 6.67. The van der Waals surface area contributed by atoms with Gasteiger partial charge >= 0.3 is 0 Å². The van der Waals surface area contributed by atoms with Crippen LogP contribution in [0.4, 0.5) is 5.13 Å². The molecule has 2 heterocycles. The number of aliphatic imine (C=N–C) groups is 1. The number of aromatic nitrogens is 2. The molecule has 0 aliphatic carbocycles. The first kappa shape index (κ1) is 22.1. The summed E-state index contributed by atoms with van der Waals surface area (Å²) in [6.45, 7) is 7.84. The van der Waals surface area contributed by atoms with E-state index in [0.717, 1.165) is 27.5 Å². The Morgan fingerprint density at radius 3 is 2.32 bits per heavy atom. The van der Waals surface area contributed by atoms with Crippen LogP contribution in [0, 0.1) is 0 Å². The number of hydrogen-bond donors (Lipinski definition) is 2. The average Bonchev–Trinajstić information content (AvgIpc) is 3.16. The first-order valence-electron chi connectivity index (χ1n) is 7.80. The molecule has 0 aromatic carbocycles. The molecule has 140 valence electrons. The van der Waals surface area contributed by atoms with Crippen molar-refractivity contribution in [2.45, 2.75) is 39.3 Å². The van der Waals surface area contributed by atoms with Crippen LogP contribution >= 0.6 is 46.7 Å². The van der Waals surface area contributed by atoms with Crippen molar-refractivity contribution >= 4 is 57.7 Å². The Morgan fingerprint density at radius 1 is 1.12 bits per heavy atom. The number of nitrogens with one attached hydrogen (secondary N) is 2. The molecule has 0 aliphatic heterocycles. The van der Waals surface area contributed by atoms with Gasteiger partial charge in [-0.25, -0.2) is 9.97 Å². The van der Waals surface area contributed by atoms with Gasteiger partial charge < -0.3 is 15.5 Å². The van der Waals surface area contributed by atoms with Gasteiger partial charge in [0.05, 0.1) is 24.5 Å². The van der Waals surface area contributed by atoms with Crippen molar-refractivity contribution in [3.8, 4) is 0 Å². The van der Waals surface area contributed by atoms with E-state index in [9.17, 15) is 0 Å². The Bertz CT molecular complexity index is 687. The third-order valence-corrected chi connectivity index (χ3v) is 5.22. The number of nitrogens with zero attached hydrogens (tertiary/aromatic N) is 4. The highest BCUT2D eigenvalue weighted by atomic mass is 127. The Kier molecular flexibility index (Phi) is 8.55. The molecular formula is C16H27IN6S2. The molecule has 0 atom stereocenters. The summed E-state index contributed by atoms with van der Waals surface area (Å²) in [5, 5.41) is 12.8. The van der Waals surface area contributed by atoms with Crippen LogP contribution in [-0.4, -0.2) is 37.1 Å². The quantitative estimate of drug-likeness (QED) is 0.379. The molecule has 25 heavy (non-hydrogen) atoms. The van der Waals surface area contributed by atoms with Gasteiger partial charge in [0.1, 0.15) is 5.01 Å². The minimum atomic E-state index is 0. The predicted octanol–water partition coefficient (Wildman–Crippen LogP) is 3.45. The van der Waals surface area contributed by atoms with Crippen LogP contribution in [0.25, 0.3) is 0 Å². The molecule has 0 saturated carbocycles. The molecule has 6 nitrogen and oxygen atoms in total. The standard InChI is InChI=1S/C16H26N6S2.HI/c1-16(2,3)12-10-23-13(21-12)8-19-14(17-4)18-7-11-9-24-15(20-11)22(5)6;/h9-10H,7-8H2,1-6H3,(H2,17,18,19);1H. The zero-order valence-corrected chi connectivity index (χ0v) is 19.5. The lowest BCUT2D eigenvalue weighted by Crippen LogP contribution is -2.36. The highest BCUT2D eigenvalue weighted by Crippen LogP contribution is 2.23. The average molecular weight is 494 g/mol. The van der Waals surface area contributed by atoms with Crippen LogP contribution in [0.15, 0.2) is 15.8 Å². The van der Waals surface area contributed by atoms with Crippen molar-refractivity contribution in [3.05, 3.63) is 27.2 Å². The van der Waals surface area contributed by atoms with Crippen LogP contribution in [0.2, 0.25) is 0 Å². The first-order chi connectivity index (χ1) is 11.3. The number of thiazole rings is 2. The molecule has 0 spiro atoms. The molecule has 0 bridgehead atoms. The second-order valence-corrected chi connectivity index (χ2v) is 8.45. The van der Waals surface area contributed by atoms with E-state index in [1.165, 1.54) is 0 Å². The number of anilines is 1. The maximum Gasteiger partial charge on any atom is 0.191 e. The van der Waals surface area contributed by atoms with Crippen molar-refractivity contribution < 1.29 is 0 Å². The van der Waals surface area contributed by atoms with Crippen LogP contribution < -0.4 is 15.5 Å². The highest BCUT2D eigenvalue weighted by molar-refractivity contribution is 14.0. The van der Waals surface area contributed by atoms with Crippen LogP contribution in [0.5, 0.6) is 0 Å². The Labute approximate surface area is 175 Å². The third kappa shape index (κ3) is 6.70. The molecule has 0 unspecified atom stereocenters. The molecular weight excluding hydrogens is 467 g/mol. The van der Waals surface area contributed by atoms with Gasteiger partial charge in [0, 0.05) is 37.3 Å². The van der Waals surface area contributed by atoms with E-state index in [0.29, 0.717) is 13.1 Å². The fourth-order valence-electron chi connectivity index (χ4n) is 1.87. The molecule has 0 saturated heterocycles. The largest absolute Gasteiger partial charge is 0.354 e. The molecule has 2 rings (SSSR count). The summed E-state index contributed by atoms with van der Waals surface area (Å²) in [7, 11) is 5.76. The lowest BCUT2D eigenvalue weighted by atomic mass is 9.93. The summed E-state index contributed by atoms with van der Waals surface area (Å²) in [5.74, 6) is 0.752. The van der Waals surface area contributed by atoms with E-state index in [1.807, 2.05) is 19.0 Å². The maximum absolute atomic E-state index is 4.69. The van der Waals surface area contributed by atoms with Crippen molar-refractivity contribution in [1.29, 1.82) is 0 Å². The van der Waals surface area contributed by atoms with Gasteiger partial charge in [-0.15, -0.1) is 46.7 Å². The maximum atomic E-state index is 4.69. The third-order valence-electron chi connectivity index (χ3n) is 3.31. The first-order valence-corrected chi connectivity index (χ1v) is 9.56. The van der Waals surface area contributed by atoms with Gasteiger partial charge in [0.25, 0.3) is 0 Å². The topological polar surface area (TPSA) is 65.4 Å². The highest BCUT2D eigenvalue weighted by Gasteiger charge is 2.17. The summed E-state index contributed by atoms with van der Waals surface area (Å²) >= 11 is 3.32. The van der Waals surface area contributed by atoms with E-state index < -0.39 is 0 Å². The van der Waals surface area contributed by atoms with Gasteiger partial charge in [-0.2, -0.15) is 0 Å². The van der Waals surface area contributed by atoms with Gasteiger partial charge in [-0.1, -0.05) is 20.8 Å². The van der Waals surface area contributed by atoms with E-state index in [4.69, 9.17) is 0 Å². The monoisotopic (exact) mass is 494 g/mol. The van der Waals surface area contributed by atoms with Crippen LogP contribution in [-0.2, 0) is 18.5 Å². The Balaban J connectivity index is 0.00000312. The van der Waals surface area contributed by atoms with Crippen molar-refractivity contribution in [3.63, 3.8) is 0 Å². The molecule has 0 radical (unpaired) electrons. The fraction of sp³-hybridized carbons (Fsp3) is 0.562. The number of rotatable bonds is 5. The summed E-state index contributed by atoms with van der Waals surface area (Å²) in [4.78, 5) is 15.5. The SMILES string of the molecule is CN=C(NCc1csc(N(C)C)n1)NCc1nc(C(C)(C)C)cs1.I. The minimum absolute atomic E-state index is 0. The normalized spacial score (nSPS) is 11.8. The summed E-state index contributed by atoms with van der Waals surface area (Å²) in [5.41, 5.74) is 2.23. The summed E-state index contributed by atoms with van der Waals surface area (Å²) in [6.07, 6.45) is 0. The molecule has 0 fully saturated rings. The van der Waals surface area contributed by atoms with Crippen molar-refractivity contribution in [2.24, 2.45) is 4.99 Å². The van der Waals surface area contributed by atoms with Crippen LogP contribution in [0.3, 0.4) is 0 Å². The smallest absolute Gasteiger partial charge is 0.191 e. The van der Waals surface area contributed by atoms with Crippen LogP contribution in [0.1, 0.15) is 37.2 Å². The summed E-state index contributed by atoms with van der Waals surface area (Å²) in [6, 6.07) is 0. The van der Waals surface area contributed by atoms with Gasteiger partial charge in [0.2, 0.25) is 0 Å². The molecule has 2 aromatic rings. The van der Waals surface area contributed by atoms with E-state index >= 15 is 0 Å². The van der Waals surface area contributed by atoms with Gasteiger partial charge in [-0.05, 0) is 0 Å². The van der Waals surface area contributed by atoms with Gasteiger partial charge in [-0.3, -0.25) is 4.99 Å². The zero-order valence-electron chi connectivity index (χ0n) is 15.6. The number of halogens is 1. The zero-order chi connectivity index (χ0) is 17.7. The van der Waals surface area contributed by atoms with E-state index in [2.05, 4.69) is 57.1 Å². The summed E-state index contributed by atoms with van der Waals surface area (Å²) < 4.78 is 0. The van der Waals surface area contributed by atoms with Crippen molar-refractivity contribution in [2.75, 3.05) is 26.0 Å². The lowest BCUT2D eigenvalue weighted by molar-refractivity contribution is 0.570. The van der Waals surface area contributed by atoms with E-state index in [-0.39, 0.29) is 29.4 Å². The molecule has 9 heteroatoms. The van der Waals surface area contributed by atoms with Gasteiger partial charge in [0.15, 0.2) is 11.1 Å². The fourth-order valence-corrected chi connectivity index (χ4v) is 3.59. The molecule has 2 N–H and O–H groups in total. The molecule has 0 aliphatic rings. The van der Waals surface area contributed by atoms with E-state index in [1.54, 1.807) is 29.7 Å². The molecule has 2 aromatic heterocycles. The predicted molar refractivity (Wildman–Crippen MR) is 120 cm³/mol. The number of hydrogen-bond acceptors (Lipinski definition) is 6. The number of guanidine groups is 1. The Hall–Kier alpha value is -0.940. The second kappa shape index (κ2) is 9.67. The molecule has 0 amide bonds. The minimum Gasteiger partial charge on any atom is -0.354 e. The lowest BCUT2D eigenvalue weighted by Gasteiger charge is -2.14. The van der Waals surface area contributed by atoms with Crippen molar-refractivity contribution in [1.82, 2.24) is 20.6 Å². The Morgan fingerprint density at radius 2 is 1.80 bits per heavy atom.